The molecule has 114 valence electrons. The van der Waals surface area contributed by atoms with Crippen LogP contribution in [0.3, 0.4) is 0 Å². The van der Waals surface area contributed by atoms with E-state index in [1.165, 1.54) is 0 Å². The molecule has 21 heavy (non-hydrogen) atoms. The fourth-order valence-electron chi connectivity index (χ4n) is 2.07. The lowest BCUT2D eigenvalue weighted by Crippen LogP contribution is -2.37. The summed E-state index contributed by atoms with van der Waals surface area (Å²) in [6, 6.07) is -1.20. The van der Waals surface area contributed by atoms with Crippen molar-refractivity contribution in [2.75, 3.05) is 13.1 Å². The van der Waals surface area contributed by atoms with Crippen molar-refractivity contribution in [1.82, 2.24) is 30.5 Å². The second-order valence-electron chi connectivity index (χ2n) is 4.71. The smallest absolute Gasteiger partial charge is 0.324 e. The molecule has 0 aliphatic carbocycles. The van der Waals surface area contributed by atoms with Crippen LogP contribution in [0.15, 0.2) is 12.4 Å². The van der Waals surface area contributed by atoms with Gasteiger partial charge in [-0.15, -0.1) is 5.10 Å². The zero-order valence-corrected chi connectivity index (χ0v) is 11.8. The third-order valence-corrected chi connectivity index (χ3v) is 3.08. The Hall–Kier alpha value is -2.45. The fraction of sp³-hybridized carbons (Fsp3) is 0.583. The van der Waals surface area contributed by atoms with Crippen molar-refractivity contribution in [3.8, 4) is 0 Å². The van der Waals surface area contributed by atoms with Gasteiger partial charge in [-0.05, 0) is 6.42 Å². The van der Waals surface area contributed by atoms with E-state index in [4.69, 9.17) is 0 Å². The van der Waals surface area contributed by atoms with Crippen LogP contribution in [0.4, 0.5) is 4.79 Å². The number of nitrogens with zero attached hydrogens (tertiary/aromatic N) is 4. The molecule has 1 aliphatic rings. The molecule has 0 unspecified atom stereocenters. The van der Waals surface area contributed by atoms with Gasteiger partial charge in [0.25, 0.3) is 5.91 Å². The van der Waals surface area contributed by atoms with Crippen molar-refractivity contribution in [1.29, 1.82) is 0 Å². The summed E-state index contributed by atoms with van der Waals surface area (Å²) in [5.74, 6) is -0.625. The van der Waals surface area contributed by atoms with E-state index in [0.29, 0.717) is 26.1 Å². The Morgan fingerprint density at radius 3 is 2.90 bits per heavy atom. The summed E-state index contributed by atoms with van der Waals surface area (Å²) in [7, 11) is 0. The van der Waals surface area contributed by atoms with Gasteiger partial charge in [0.1, 0.15) is 6.04 Å². The Morgan fingerprint density at radius 2 is 2.24 bits per heavy atom. The quantitative estimate of drug-likeness (QED) is 0.634. The van der Waals surface area contributed by atoms with Gasteiger partial charge in [0.2, 0.25) is 5.91 Å². The Morgan fingerprint density at radius 1 is 1.43 bits per heavy atom. The van der Waals surface area contributed by atoms with Crippen molar-refractivity contribution in [2.45, 2.75) is 32.4 Å². The van der Waals surface area contributed by atoms with Gasteiger partial charge in [-0.25, -0.2) is 4.79 Å². The van der Waals surface area contributed by atoms with Gasteiger partial charge in [0, 0.05) is 19.3 Å². The van der Waals surface area contributed by atoms with Crippen molar-refractivity contribution < 1.29 is 14.4 Å². The summed E-state index contributed by atoms with van der Waals surface area (Å²) in [5.41, 5.74) is 0. The summed E-state index contributed by atoms with van der Waals surface area (Å²) < 4.78 is 1.59. The largest absolute Gasteiger partial charge is 0.354 e. The van der Waals surface area contributed by atoms with Gasteiger partial charge >= 0.3 is 6.03 Å². The standard InChI is InChI=1S/C12H18N6O3/c1-2-5-18-11(20)9(15-12(18)21)8-10(19)13-3-6-17-7-4-14-16-17/h4,7,9H,2-3,5-6,8H2,1H3,(H,13,19)(H,15,21)/t9-/m0/s1. The van der Waals surface area contributed by atoms with Gasteiger partial charge in [-0.1, -0.05) is 12.1 Å². The van der Waals surface area contributed by atoms with E-state index in [2.05, 4.69) is 20.9 Å². The zero-order chi connectivity index (χ0) is 15.2. The molecule has 1 aliphatic heterocycles. The maximum atomic E-state index is 11.9. The molecule has 2 heterocycles. The molecule has 9 nitrogen and oxygen atoms in total. The highest BCUT2D eigenvalue weighted by molar-refractivity contribution is 6.05. The predicted octanol–water partition coefficient (Wildman–Crippen LogP) is -0.885. The molecule has 1 aromatic rings. The number of imide groups is 1. The highest BCUT2D eigenvalue weighted by Crippen LogP contribution is 2.09. The molecular weight excluding hydrogens is 276 g/mol. The third kappa shape index (κ3) is 3.77. The van der Waals surface area contributed by atoms with Crippen LogP contribution < -0.4 is 10.6 Å². The van der Waals surface area contributed by atoms with Gasteiger partial charge < -0.3 is 10.6 Å². The first-order valence-electron chi connectivity index (χ1n) is 6.84. The lowest BCUT2D eigenvalue weighted by Gasteiger charge is -2.11. The Bertz CT molecular complexity index is 515. The molecule has 2 rings (SSSR count). The Balaban J connectivity index is 1.75. The first kappa shape index (κ1) is 14.9. The minimum absolute atomic E-state index is 0.0534. The summed E-state index contributed by atoms with van der Waals surface area (Å²) in [6.45, 7) is 3.13. The summed E-state index contributed by atoms with van der Waals surface area (Å²) in [5, 5.41) is 12.6. The van der Waals surface area contributed by atoms with Gasteiger partial charge in [-0.2, -0.15) is 0 Å². The van der Waals surface area contributed by atoms with Crippen LogP contribution in [0.25, 0.3) is 0 Å². The van der Waals surface area contributed by atoms with Crippen LogP contribution in [-0.2, 0) is 16.1 Å². The molecule has 2 N–H and O–H groups in total. The lowest BCUT2D eigenvalue weighted by molar-refractivity contribution is -0.130. The number of nitrogens with one attached hydrogen (secondary N) is 2. The highest BCUT2D eigenvalue weighted by Gasteiger charge is 2.38. The van der Waals surface area contributed by atoms with Crippen LogP contribution >= 0.6 is 0 Å². The van der Waals surface area contributed by atoms with Gasteiger partial charge in [-0.3, -0.25) is 19.2 Å². The zero-order valence-electron chi connectivity index (χ0n) is 11.8. The number of amides is 4. The molecule has 1 aromatic heterocycles. The topological polar surface area (TPSA) is 109 Å². The maximum Gasteiger partial charge on any atom is 0.324 e. The molecule has 9 heteroatoms. The SMILES string of the molecule is CCCN1C(=O)N[C@@H](CC(=O)NCCn2ccnn2)C1=O. The van der Waals surface area contributed by atoms with E-state index in [0.717, 1.165) is 4.90 Å². The number of hydrogen-bond acceptors (Lipinski definition) is 5. The number of rotatable bonds is 7. The molecule has 0 aromatic carbocycles. The van der Waals surface area contributed by atoms with E-state index in [1.54, 1.807) is 17.1 Å². The van der Waals surface area contributed by atoms with E-state index in [-0.39, 0.29) is 18.2 Å². The number of carbonyl (C=O) groups is 3. The molecule has 4 amide bonds. The van der Waals surface area contributed by atoms with Crippen molar-refractivity contribution >= 4 is 17.8 Å². The van der Waals surface area contributed by atoms with Gasteiger partial charge in [0.05, 0.1) is 19.2 Å². The van der Waals surface area contributed by atoms with Crippen LogP contribution in [0.2, 0.25) is 0 Å². The fourth-order valence-corrected chi connectivity index (χ4v) is 2.07. The predicted molar refractivity (Wildman–Crippen MR) is 72.0 cm³/mol. The second kappa shape index (κ2) is 6.82. The minimum atomic E-state index is -0.768. The van der Waals surface area contributed by atoms with Crippen molar-refractivity contribution in [3.05, 3.63) is 12.4 Å². The van der Waals surface area contributed by atoms with Crippen LogP contribution in [0, 0.1) is 0 Å². The molecule has 0 radical (unpaired) electrons. The normalized spacial score (nSPS) is 18.0. The van der Waals surface area contributed by atoms with Crippen LogP contribution in [-0.4, -0.2) is 56.9 Å². The second-order valence-corrected chi connectivity index (χ2v) is 4.71. The number of aromatic nitrogens is 3. The van der Waals surface area contributed by atoms with E-state index < -0.39 is 12.1 Å². The molecule has 1 fully saturated rings. The van der Waals surface area contributed by atoms with E-state index in [9.17, 15) is 14.4 Å². The third-order valence-electron chi connectivity index (χ3n) is 3.08. The average Bonchev–Trinajstić information content (AvgIpc) is 3.04. The van der Waals surface area contributed by atoms with Crippen molar-refractivity contribution in [2.24, 2.45) is 0 Å². The molecule has 1 saturated heterocycles. The molecule has 0 bridgehead atoms. The first-order chi connectivity index (χ1) is 10.1. The summed E-state index contributed by atoms with van der Waals surface area (Å²) in [6.07, 6.45) is 3.88. The Kier molecular flexibility index (Phi) is 4.85. The average molecular weight is 294 g/mol. The monoisotopic (exact) mass is 294 g/mol. The van der Waals surface area contributed by atoms with Crippen LogP contribution in [0.1, 0.15) is 19.8 Å². The first-order valence-corrected chi connectivity index (χ1v) is 6.84. The number of urea groups is 1. The summed E-state index contributed by atoms with van der Waals surface area (Å²) in [4.78, 5) is 36.4. The molecule has 0 saturated carbocycles. The maximum absolute atomic E-state index is 11.9. The van der Waals surface area contributed by atoms with Crippen molar-refractivity contribution in [3.63, 3.8) is 0 Å². The highest BCUT2D eigenvalue weighted by atomic mass is 16.2. The molecule has 0 spiro atoms. The number of hydrogen-bond donors (Lipinski definition) is 2. The summed E-state index contributed by atoms with van der Waals surface area (Å²) >= 11 is 0. The minimum Gasteiger partial charge on any atom is -0.354 e. The Labute approximate surface area is 121 Å². The molecule has 1 atom stereocenters. The van der Waals surface area contributed by atoms with E-state index in [1.807, 2.05) is 6.92 Å². The van der Waals surface area contributed by atoms with Gasteiger partial charge in [0.15, 0.2) is 0 Å². The van der Waals surface area contributed by atoms with E-state index >= 15 is 0 Å². The van der Waals surface area contributed by atoms with Crippen LogP contribution in [0.5, 0.6) is 0 Å². The number of carbonyl (C=O) groups excluding carboxylic acids is 3. The molecular formula is C12H18N6O3. The lowest BCUT2D eigenvalue weighted by atomic mass is 10.2.